The second kappa shape index (κ2) is 6.51. The highest BCUT2D eigenvalue weighted by molar-refractivity contribution is 6.00. The van der Waals surface area contributed by atoms with Gasteiger partial charge in [0.25, 0.3) is 0 Å². The number of carbonyl (C=O) groups is 2. The molecular weight excluding hydrogens is 264 g/mol. The normalized spacial score (nSPS) is 24.8. The molecular formula is C17H26N2O2. The van der Waals surface area contributed by atoms with Crippen molar-refractivity contribution in [2.24, 2.45) is 5.92 Å². The summed E-state index contributed by atoms with van der Waals surface area (Å²) in [4.78, 5) is 27.4. The minimum atomic E-state index is -0.639. The zero-order valence-electron chi connectivity index (χ0n) is 13.4. The summed E-state index contributed by atoms with van der Waals surface area (Å²) in [5.74, 6) is 6.10. The van der Waals surface area contributed by atoms with Crippen molar-refractivity contribution < 1.29 is 9.59 Å². The maximum atomic E-state index is 13.0. The van der Waals surface area contributed by atoms with Gasteiger partial charge in [-0.25, -0.2) is 0 Å². The summed E-state index contributed by atoms with van der Waals surface area (Å²) in [5.41, 5.74) is -0.639. The predicted octanol–water partition coefficient (Wildman–Crippen LogP) is 2.09. The molecule has 0 aromatic rings. The summed E-state index contributed by atoms with van der Waals surface area (Å²) in [6.45, 7) is 6.34. The summed E-state index contributed by atoms with van der Waals surface area (Å²) >= 11 is 0. The van der Waals surface area contributed by atoms with Crippen molar-refractivity contribution in [1.29, 1.82) is 0 Å². The van der Waals surface area contributed by atoms with E-state index in [1.807, 2.05) is 13.8 Å². The van der Waals surface area contributed by atoms with E-state index in [9.17, 15) is 9.59 Å². The van der Waals surface area contributed by atoms with Gasteiger partial charge in [-0.05, 0) is 25.7 Å². The van der Waals surface area contributed by atoms with Gasteiger partial charge in [-0.15, -0.1) is 11.8 Å². The molecule has 0 bridgehead atoms. The van der Waals surface area contributed by atoms with Crippen molar-refractivity contribution in [3.05, 3.63) is 0 Å². The van der Waals surface area contributed by atoms with Gasteiger partial charge in [0.1, 0.15) is 11.6 Å². The Labute approximate surface area is 127 Å². The molecule has 2 aliphatic rings. The van der Waals surface area contributed by atoms with E-state index in [-0.39, 0.29) is 23.8 Å². The van der Waals surface area contributed by atoms with Crippen LogP contribution in [-0.2, 0) is 9.59 Å². The zero-order chi connectivity index (χ0) is 15.5. The van der Waals surface area contributed by atoms with Gasteiger partial charge in [0, 0.05) is 13.0 Å². The van der Waals surface area contributed by atoms with Gasteiger partial charge in [-0.1, -0.05) is 33.1 Å². The van der Waals surface area contributed by atoms with Crippen LogP contribution in [0.1, 0.15) is 59.3 Å². The fourth-order valence-corrected chi connectivity index (χ4v) is 3.60. The number of hydrogen-bond acceptors (Lipinski definition) is 2. The first kappa shape index (κ1) is 15.9. The number of piperazine rings is 1. The molecule has 1 saturated heterocycles. The molecule has 1 aliphatic carbocycles. The summed E-state index contributed by atoms with van der Waals surface area (Å²) in [6, 6.07) is -0.358. The van der Waals surface area contributed by atoms with Crippen LogP contribution in [0.15, 0.2) is 0 Å². The summed E-state index contributed by atoms with van der Waals surface area (Å²) in [6.07, 6.45) is 5.37. The van der Waals surface area contributed by atoms with E-state index < -0.39 is 5.54 Å². The third kappa shape index (κ3) is 3.07. The molecule has 116 valence electrons. The van der Waals surface area contributed by atoms with Gasteiger partial charge >= 0.3 is 0 Å². The molecule has 1 unspecified atom stereocenters. The summed E-state index contributed by atoms with van der Waals surface area (Å²) in [7, 11) is 0. The number of carbonyl (C=O) groups excluding carboxylic acids is 2. The Morgan fingerprint density at radius 3 is 2.52 bits per heavy atom. The molecule has 1 aliphatic heterocycles. The molecule has 0 aromatic heterocycles. The molecule has 0 radical (unpaired) electrons. The molecule has 1 atom stereocenters. The Morgan fingerprint density at radius 1 is 1.29 bits per heavy atom. The van der Waals surface area contributed by atoms with Crippen LogP contribution in [-0.4, -0.2) is 34.8 Å². The van der Waals surface area contributed by atoms with E-state index in [0.29, 0.717) is 13.0 Å². The minimum Gasteiger partial charge on any atom is -0.340 e. The third-order valence-electron chi connectivity index (χ3n) is 4.63. The maximum Gasteiger partial charge on any atom is 0.249 e. The topological polar surface area (TPSA) is 49.4 Å². The monoisotopic (exact) mass is 290 g/mol. The van der Waals surface area contributed by atoms with E-state index in [1.165, 1.54) is 0 Å². The second-order valence-electron chi connectivity index (χ2n) is 6.50. The molecule has 4 heteroatoms. The van der Waals surface area contributed by atoms with E-state index in [1.54, 1.807) is 11.8 Å². The highest BCUT2D eigenvalue weighted by Crippen LogP contribution is 2.34. The number of amides is 2. The molecule has 1 spiro atoms. The number of nitrogens with zero attached hydrogens (tertiary/aromatic N) is 1. The smallest absolute Gasteiger partial charge is 0.249 e. The lowest BCUT2D eigenvalue weighted by Crippen LogP contribution is -2.71. The summed E-state index contributed by atoms with van der Waals surface area (Å²) < 4.78 is 0. The molecule has 2 rings (SSSR count). The van der Waals surface area contributed by atoms with Crippen LogP contribution >= 0.6 is 0 Å². The predicted molar refractivity (Wildman–Crippen MR) is 82.4 cm³/mol. The van der Waals surface area contributed by atoms with Gasteiger partial charge in [0.2, 0.25) is 11.8 Å². The van der Waals surface area contributed by atoms with Crippen LogP contribution in [0.2, 0.25) is 0 Å². The first-order valence-corrected chi connectivity index (χ1v) is 8.04. The molecule has 2 amide bonds. The maximum absolute atomic E-state index is 13.0. The minimum absolute atomic E-state index is 0.0101. The van der Waals surface area contributed by atoms with Crippen LogP contribution in [0, 0.1) is 17.8 Å². The molecule has 21 heavy (non-hydrogen) atoms. The van der Waals surface area contributed by atoms with Crippen LogP contribution in [0.4, 0.5) is 0 Å². The van der Waals surface area contributed by atoms with Crippen LogP contribution in [0.5, 0.6) is 0 Å². The quantitative estimate of drug-likeness (QED) is 0.809. The Morgan fingerprint density at radius 2 is 1.95 bits per heavy atom. The average molecular weight is 290 g/mol. The van der Waals surface area contributed by atoms with Crippen LogP contribution in [0.3, 0.4) is 0 Å². The van der Waals surface area contributed by atoms with Crippen molar-refractivity contribution >= 4 is 11.8 Å². The Kier molecular flexibility index (Phi) is 4.92. The molecule has 4 nitrogen and oxygen atoms in total. The number of rotatable bonds is 3. The lowest BCUT2D eigenvalue weighted by atomic mass is 9.77. The average Bonchev–Trinajstić information content (AvgIpc) is 2.45. The van der Waals surface area contributed by atoms with Crippen LogP contribution in [0.25, 0.3) is 0 Å². The van der Waals surface area contributed by atoms with Crippen molar-refractivity contribution in [1.82, 2.24) is 10.2 Å². The SMILES string of the molecule is CC#CCCN1C(=O)C2(CCCCC2)NC(=O)C1C(C)C. The van der Waals surface area contributed by atoms with Gasteiger partial charge in [0.15, 0.2) is 0 Å². The van der Waals surface area contributed by atoms with Crippen molar-refractivity contribution in [3.63, 3.8) is 0 Å². The lowest BCUT2D eigenvalue weighted by molar-refractivity contribution is -0.158. The number of nitrogens with one attached hydrogen (secondary N) is 1. The first-order valence-electron chi connectivity index (χ1n) is 8.04. The third-order valence-corrected chi connectivity index (χ3v) is 4.63. The van der Waals surface area contributed by atoms with Crippen LogP contribution < -0.4 is 5.32 Å². The molecule has 1 heterocycles. The van der Waals surface area contributed by atoms with Crippen molar-refractivity contribution in [3.8, 4) is 11.8 Å². The molecule has 1 saturated carbocycles. The van der Waals surface area contributed by atoms with Gasteiger partial charge in [-0.2, -0.15) is 0 Å². The fourth-order valence-electron chi connectivity index (χ4n) is 3.60. The molecule has 1 N–H and O–H groups in total. The van der Waals surface area contributed by atoms with E-state index >= 15 is 0 Å². The highest BCUT2D eigenvalue weighted by Gasteiger charge is 2.51. The van der Waals surface area contributed by atoms with Gasteiger partial charge in [0.05, 0.1) is 0 Å². The van der Waals surface area contributed by atoms with Gasteiger partial charge < -0.3 is 10.2 Å². The van der Waals surface area contributed by atoms with Crippen molar-refractivity contribution in [2.45, 2.75) is 70.9 Å². The Hall–Kier alpha value is -1.50. The second-order valence-corrected chi connectivity index (χ2v) is 6.50. The van der Waals surface area contributed by atoms with E-state index in [2.05, 4.69) is 17.2 Å². The molecule has 2 fully saturated rings. The van der Waals surface area contributed by atoms with E-state index in [0.717, 1.165) is 32.1 Å². The Balaban J connectivity index is 2.25. The number of hydrogen-bond donors (Lipinski definition) is 1. The zero-order valence-corrected chi connectivity index (χ0v) is 13.4. The summed E-state index contributed by atoms with van der Waals surface area (Å²) in [5, 5.41) is 3.07. The fraction of sp³-hybridized carbons (Fsp3) is 0.765. The van der Waals surface area contributed by atoms with Gasteiger partial charge in [-0.3, -0.25) is 9.59 Å². The lowest BCUT2D eigenvalue weighted by Gasteiger charge is -2.48. The first-order chi connectivity index (χ1) is 10.0. The molecule has 0 aromatic carbocycles. The standard InChI is InChI=1S/C17H26N2O2/c1-4-5-9-12-19-14(13(2)3)15(20)18-17(16(19)21)10-7-6-8-11-17/h13-14H,6-12H2,1-3H3,(H,18,20). The highest BCUT2D eigenvalue weighted by atomic mass is 16.2. The van der Waals surface area contributed by atoms with Crippen molar-refractivity contribution in [2.75, 3.05) is 6.54 Å². The largest absolute Gasteiger partial charge is 0.340 e. The Bertz CT molecular complexity index is 467. The van der Waals surface area contributed by atoms with E-state index in [4.69, 9.17) is 0 Å².